The Kier molecular flexibility index (Phi) is 6.01. The lowest BCUT2D eigenvalue weighted by Crippen LogP contribution is -2.51. The summed E-state index contributed by atoms with van der Waals surface area (Å²) in [7, 11) is 0. The second-order valence-corrected chi connectivity index (χ2v) is 5.68. The van der Waals surface area contributed by atoms with Gasteiger partial charge in [-0.15, -0.1) is 0 Å². The Balaban J connectivity index is 2.68. The second kappa shape index (κ2) is 7.28. The number of carbonyl (C=O) groups is 2. The van der Waals surface area contributed by atoms with Crippen LogP contribution in [0, 0.1) is 5.92 Å². The number of para-hydroxylation sites is 1. The van der Waals surface area contributed by atoms with Crippen molar-refractivity contribution in [2.45, 2.75) is 32.9 Å². The zero-order valence-corrected chi connectivity index (χ0v) is 13.3. The highest BCUT2D eigenvalue weighted by atomic mass is 79.9. The van der Waals surface area contributed by atoms with Gasteiger partial charge in [0.2, 0.25) is 5.91 Å². The molecule has 0 aliphatic carbocycles. The Morgan fingerprint density at radius 3 is 2.35 bits per heavy atom. The standard InChI is InChI=1S/C14H19BrN2O3/c1-8(2)12(13(16)18)17-14(19)9(3)20-11-7-5-4-6-10(11)15/h4-9,12H,1-3H3,(H2,16,18)(H,17,19)/t9-,12+/m1/s1. The average Bonchev–Trinajstić information content (AvgIpc) is 2.37. The number of carbonyl (C=O) groups excluding carboxylic acids is 2. The van der Waals surface area contributed by atoms with Crippen LogP contribution in [0.15, 0.2) is 28.7 Å². The molecule has 1 rings (SSSR count). The summed E-state index contributed by atoms with van der Waals surface area (Å²) in [4.78, 5) is 23.3. The lowest BCUT2D eigenvalue weighted by molar-refractivity contribution is -0.132. The molecule has 0 spiro atoms. The van der Waals surface area contributed by atoms with Crippen molar-refractivity contribution < 1.29 is 14.3 Å². The van der Waals surface area contributed by atoms with E-state index in [9.17, 15) is 9.59 Å². The van der Waals surface area contributed by atoms with Crippen LogP contribution in [0.1, 0.15) is 20.8 Å². The van der Waals surface area contributed by atoms with Crippen LogP contribution in [0.4, 0.5) is 0 Å². The third-order valence-electron chi connectivity index (χ3n) is 2.78. The maximum Gasteiger partial charge on any atom is 0.261 e. The summed E-state index contributed by atoms with van der Waals surface area (Å²) >= 11 is 3.34. The predicted molar refractivity (Wildman–Crippen MR) is 80.2 cm³/mol. The number of amides is 2. The lowest BCUT2D eigenvalue weighted by Gasteiger charge is -2.22. The Hall–Kier alpha value is -1.56. The second-order valence-electron chi connectivity index (χ2n) is 4.82. The summed E-state index contributed by atoms with van der Waals surface area (Å²) in [6.45, 7) is 5.25. The van der Waals surface area contributed by atoms with Crippen molar-refractivity contribution >= 4 is 27.7 Å². The summed E-state index contributed by atoms with van der Waals surface area (Å²) in [5.41, 5.74) is 5.26. The number of halogens is 1. The first-order chi connectivity index (χ1) is 9.32. The quantitative estimate of drug-likeness (QED) is 0.827. The zero-order chi connectivity index (χ0) is 15.3. The number of nitrogens with two attached hydrogens (primary N) is 1. The van der Waals surface area contributed by atoms with Gasteiger partial charge in [0.05, 0.1) is 4.47 Å². The minimum absolute atomic E-state index is 0.0767. The van der Waals surface area contributed by atoms with Gasteiger partial charge in [0.25, 0.3) is 5.91 Å². The van der Waals surface area contributed by atoms with Gasteiger partial charge in [-0.3, -0.25) is 9.59 Å². The first-order valence-electron chi connectivity index (χ1n) is 6.33. The average molecular weight is 343 g/mol. The van der Waals surface area contributed by atoms with Crippen LogP contribution in [-0.2, 0) is 9.59 Å². The van der Waals surface area contributed by atoms with E-state index in [1.54, 1.807) is 13.0 Å². The Labute approximate surface area is 127 Å². The minimum Gasteiger partial charge on any atom is -0.480 e. The van der Waals surface area contributed by atoms with E-state index in [4.69, 9.17) is 10.5 Å². The zero-order valence-electron chi connectivity index (χ0n) is 11.7. The van der Waals surface area contributed by atoms with Crippen molar-refractivity contribution in [1.29, 1.82) is 0 Å². The molecule has 0 bridgehead atoms. The fourth-order valence-corrected chi connectivity index (χ4v) is 2.00. The van der Waals surface area contributed by atoms with Gasteiger partial charge >= 0.3 is 0 Å². The van der Waals surface area contributed by atoms with Gasteiger partial charge in [-0.2, -0.15) is 0 Å². The molecule has 2 amide bonds. The van der Waals surface area contributed by atoms with Crippen molar-refractivity contribution in [3.8, 4) is 5.75 Å². The number of rotatable bonds is 6. The van der Waals surface area contributed by atoms with E-state index in [1.807, 2.05) is 32.0 Å². The SMILES string of the molecule is CC(C)[C@H](NC(=O)[C@@H](C)Oc1ccccc1Br)C(N)=O. The van der Waals surface area contributed by atoms with Gasteiger partial charge in [-0.1, -0.05) is 26.0 Å². The molecule has 0 aliphatic heterocycles. The monoisotopic (exact) mass is 342 g/mol. The van der Waals surface area contributed by atoms with Crippen LogP contribution in [0.5, 0.6) is 5.75 Å². The van der Waals surface area contributed by atoms with Crippen LogP contribution >= 0.6 is 15.9 Å². The first-order valence-corrected chi connectivity index (χ1v) is 7.13. The van der Waals surface area contributed by atoms with Crippen molar-refractivity contribution in [3.05, 3.63) is 28.7 Å². The van der Waals surface area contributed by atoms with Gasteiger partial charge in [0.15, 0.2) is 6.10 Å². The van der Waals surface area contributed by atoms with Crippen molar-refractivity contribution in [1.82, 2.24) is 5.32 Å². The van der Waals surface area contributed by atoms with E-state index in [-0.39, 0.29) is 11.8 Å². The third-order valence-corrected chi connectivity index (χ3v) is 3.44. The molecule has 0 aliphatic rings. The summed E-state index contributed by atoms with van der Waals surface area (Å²) in [5, 5.41) is 2.60. The molecule has 0 saturated carbocycles. The fraction of sp³-hybridized carbons (Fsp3) is 0.429. The molecule has 2 atom stereocenters. The van der Waals surface area contributed by atoms with Gasteiger partial charge in [0, 0.05) is 0 Å². The Bertz CT molecular complexity index is 491. The molecule has 110 valence electrons. The fourth-order valence-electron chi connectivity index (χ4n) is 1.62. The third kappa shape index (κ3) is 4.52. The highest BCUT2D eigenvalue weighted by molar-refractivity contribution is 9.10. The predicted octanol–water partition coefficient (Wildman–Crippen LogP) is 1.84. The summed E-state index contributed by atoms with van der Waals surface area (Å²) < 4.78 is 6.32. The van der Waals surface area contributed by atoms with Crippen LogP contribution in [0.25, 0.3) is 0 Å². The van der Waals surface area contributed by atoms with Crippen molar-refractivity contribution in [2.24, 2.45) is 11.7 Å². The van der Waals surface area contributed by atoms with E-state index < -0.39 is 18.1 Å². The highest BCUT2D eigenvalue weighted by Crippen LogP contribution is 2.24. The largest absolute Gasteiger partial charge is 0.480 e. The van der Waals surface area contributed by atoms with Crippen LogP contribution in [-0.4, -0.2) is 24.0 Å². The maximum absolute atomic E-state index is 12.0. The Morgan fingerprint density at radius 1 is 1.25 bits per heavy atom. The van der Waals surface area contributed by atoms with E-state index in [1.165, 1.54) is 0 Å². The van der Waals surface area contributed by atoms with E-state index in [0.717, 1.165) is 4.47 Å². The highest BCUT2D eigenvalue weighted by Gasteiger charge is 2.25. The summed E-state index contributed by atoms with van der Waals surface area (Å²) in [6, 6.07) is 6.53. The van der Waals surface area contributed by atoms with Crippen molar-refractivity contribution in [2.75, 3.05) is 0 Å². The molecule has 0 radical (unpaired) electrons. The molecule has 0 unspecified atom stereocenters. The molecular formula is C14H19BrN2O3. The topological polar surface area (TPSA) is 81.4 Å². The molecule has 1 aromatic carbocycles. The molecule has 0 heterocycles. The van der Waals surface area contributed by atoms with Crippen LogP contribution < -0.4 is 15.8 Å². The van der Waals surface area contributed by atoms with E-state index in [0.29, 0.717) is 5.75 Å². The van der Waals surface area contributed by atoms with Crippen molar-refractivity contribution in [3.63, 3.8) is 0 Å². The molecule has 3 N–H and O–H groups in total. The van der Waals surface area contributed by atoms with Gasteiger partial charge in [0.1, 0.15) is 11.8 Å². The van der Waals surface area contributed by atoms with Crippen LogP contribution in [0.3, 0.4) is 0 Å². The normalized spacial score (nSPS) is 13.7. The van der Waals surface area contributed by atoms with Gasteiger partial charge in [-0.25, -0.2) is 0 Å². The van der Waals surface area contributed by atoms with E-state index in [2.05, 4.69) is 21.2 Å². The molecule has 5 nitrogen and oxygen atoms in total. The lowest BCUT2D eigenvalue weighted by atomic mass is 10.0. The number of hydrogen-bond acceptors (Lipinski definition) is 3. The smallest absolute Gasteiger partial charge is 0.261 e. The summed E-state index contributed by atoms with van der Waals surface area (Å²) in [6.07, 6.45) is -0.728. The molecule has 1 aromatic rings. The number of hydrogen-bond donors (Lipinski definition) is 2. The van der Waals surface area contributed by atoms with Crippen LogP contribution in [0.2, 0.25) is 0 Å². The molecule has 6 heteroatoms. The molecule has 0 saturated heterocycles. The maximum atomic E-state index is 12.0. The first kappa shape index (κ1) is 16.5. The van der Waals surface area contributed by atoms with Gasteiger partial charge < -0.3 is 15.8 Å². The molecular weight excluding hydrogens is 324 g/mol. The Morgan fingerprint density at radius 2 is 1.85 bits per heavy atom. The molecule has 0 fully saturated rings. The molecule has 0 aromatic heterocycles. The number of ether oxygens (including phenoxy) is 1. The van der Waals surface area contributed by atoms with Gasteiger partial charge in [-0.05, 0) is 40.9 Å². The summed E-state index contributed by atoms with van der Waals surface area (Å²) in [5.74, 6) is -0.442. The number of benzene rings is 1. The number of nitrogens with one attached hydrogen (secondary N) is 1. The minimum atomic E-state index is -0.728. The molecule has 20 heavy (non-hydrogen) atoms. The van der Waals surface area contributed by atoms with E-state index >= 15 is 0 Å². The number of primary amides is 1.